The van der Waals surface area contributed by atoms with Crippen LogP contribution in [-0.2, 0) is 4.79 Å². The Balaban J connectivity index is 2.71. The second kappa shape index (κ2) is 5.46. The molecule has 82 valence electrons. The maximum absolute atomic E-state index is 11.1. The van der Waals surface area contributed by atoms with E-state index in [1.807, 2.05) is 25.1 Å². The van der Waals surface area contributed by atoms with E-state index in [9.17, 15) is 4.79 Å². The van der Waals surface area contributed by atoms with Crippen LogP contribution in [0.2, 0.25) is 0 Å². The highest BCUT2D eigenvalue weighted by Crippen LogP contribution is 2.17. The molecule has 0 aliphatic rings. The molecule has 15 heavy (non-hydrogen) atoms. The van der Waals surface area contributed by atoms with Gasteiger partial charge in [-0.05, 0) is 39.2 Å². The molecule has 1 rings (SSSR count). The summed E-state index contributed by atoms with van der Waals surface area (Å²) >= 11 is 0. The summed E-state index contributed by atoms with van der Waals surface area (Å²) in [6, 6.07) is 5.36. The summed E-state index contributed by atoms with van der Waals surface area (Å²) < 4.78 is 0. The van der Waals surface area contributed by atoms with Crippen LogP contribution in [0.25, 0.3) is 0 Å². The van der Waals surface area contributed by atoms with Crippen LogP contribution in [-0.4, -0.2) is 41.6 Å². The van der Waals surface area contributed by atoms with Crippen molar-refractivity contribution in [2.24, 2.45) is 0 Å². The van der Waals surface area contributed by atoms with Crippen LogP contribution >= 0.6 is 0 Å². The summed E-state index contributed by atoms with van der Waals surface area (Å²) in [5.74, 6) is -1.32. The third-order valence-electron chi connectivity index (χ3n) is 2.21. The fourth-order valence-electron chi connectivity index (χ4n) is 1.37. The molecule has 1 aromatic rings. The lowest BCUT2D eigenvalue weighted by atomic mass is 10.0. The molecule has 0 amide bonds. The van der Waals surface area contributed by atoms with E-state index in [4.69, 9.17) is 5.11 Å². The third-order valence-corrected chi connectivity index (χ3v) is 2.21. The van der Waals surface area contributed by atoms with Crippen molar-refractivity contribution in [3.8, 4) is 0 Å². The lowest BCUT2D eigenvalue weighted by Crippen LogP contribution is -2.20. The van der Waals surface area contributed by atoms with Gasteiger partial charge in [0.05, 0.1) is 5.69 Å². The topological polar surface area (TPSA) is 53.4 Å². The van der Waals surface area contributed by atoms with Crippen LogP contribution in [0.15, 0.2) is 24.4 Å². The molecule has 1 unspecified atom stereocenters. The number of hydrogen-bond donors (Lipinski definition) is 1. The number of carboxylic acid groups (broad SMARTS) is 1. The van der Waals surface area contributed by atoms with Crippen molar-refractivity contribution in [1.29, 1.82) is 0 Å². The summed E-state index contributed by atoms with van der Waals surface area (Å²) in [6.07, 6.45) is 2.21. The molecule has 1 heterocycles. The van der Waals surface area contributed by atoms with Gasteiger partial charge >= 0.3 is 5.97 Å². The summed E-state index contributed by atoms with van der Waals surface area (Å²) in [4.78, 5) is 17.1. The van der Waals surface area contributed by atoms with E-state index in [1.54, 1.807) is 18.3 Å². The Hall–Kier alpha value is -1.42. The summed E-state index contributed by atoms with van der Waals surface area (Å²) in [6.45, 7) is 0.744. The Labute approximate surface area is 89.6 Å². The average Bonchev–Trinajstić information content (AvgIpc) is 2.18. The van der Waals surface area contributed by atoms with Gasteiger partial charge < -0.3 is 10.0 Å². The van der Waals surface area contributed by atoms with Gasteiger partial charge in [0.25, 0.3) is 0 Å². The molecule has 0 saturated carbocycles. The molecule has 0 saturated heterocycles. The zero-order valence-corrected chi connectivity index (χ0v) is 9.05. The predicted molar refractivity (Wildman–Crippen MR) is 57.8 cm³/mol. The molecular formula is C11H16N2O2. The molecule has 0 radical (unpaired) electrons. The Bertz CT molecular complexity index is 312. The smallest absolute Gasteiger partial charge is 0.312 e. The zero-order valence-electron chi connectivity index (χ0n) is 9.05. The van der Waals surface area contributed by atoms with Gasteiger partial charge in [-0.2, -0.15) is 0 Å². The number of aromatic nitrogens is 1. The Kier molecular flexibility index (Phi) is 4.24. The van der Waals surface area contributed by atoms with E-state index < -0.39 is 11.9 Å². The van der Waals surface area contributed by atoms with Crippen LogP contribution < -0.4 is 0 Å². The first-order valence-electron chi connectivity index (χ1n) is 4.89. The highest BCUT2D eigenvalue weighted by molar-refractivity contribution is 5.75. The van der Waals surface area contributed by atoms with Crippen molar-refractivity contribution in [2.45, 2.75) is 12.3 Å². The second-order valence-electron chi connectivity index (χ2n) is 3.74. The molecule has 1 N–H and O–H groups in total. The SMILES string of the molecule is CN(C)CCC(C(=O)O)c1ccccn1. The van der Waals surface area contributed by atoms with Crippen LogP contribution in [0.4, 0.5) is 0 Å². The van der Waals surface area contributed by atoms with Crippen LogP contribution in [0.1, 0.15) is 18.0 Å². The van der Waals surface area contributed by atoms with Crippen molar-refractivity contribution in [1.82, 2.24) is 9.88 Å². The van der Waals surface area contributed by atoms with E-state index in [0.29, 0.717) is 12.1 Å². The molecule has 0 fully saturated rings. The highest BCUT2D eigenvalue weighted by atomic mass is 16.4. The third kappa shape index (κ3) is 3.67. The predicted octanol–water partition coefficient (Wildman–Crippen LogP) is 1.20. The molecule has 4 nitrogen and oxygen atoms in total. The van der Waals surface area contributed by atoms with E-state index in [2.05, 4.69) is 4.98 Å². The minimum absolute atomic E-state index is 0.506. The lowest BCUT2D eigenvalue weighted by molar-refractivity contribution is -0.139. The standard InChI is InChI=1S/C11H16N2O2/c1-13(2)8-6-9(11(14)15)10-5-3-4-7-12-10/h3-5,7,9H,6,8H2,1-2H3,(H,14,15). The maximum atomic E-state index is 11.1. The van der Waals surface area contributed by atoms with E-state index in [0.717, 1.165) is 6.54 Å². The largest absolute Gasteiger partial charge is 0.481 e. The lowest BCUT2D eigenvalue weighted by Gasteiger charge is -2.14. The molecule has 0 aliphatic heterocycles. The minimum Gasteiger partial charge on any atom is -0.481 e. The summed E-state index contributed by atoms with van der Waals surface area (Å²) in [7, 11) is 3.86. The Morgan fingerprint density at radius 3 is 2.73 bits per heavy atom. The van der Waals surface area contributed by atoms with Crippen molar-refractivity contribution < 1.29 is 9.90 Å². The van der Waals surface area contributed by atoms with Crippen molar-refractivity contribution >= 4 is 5.97 Å². The quantitative estimate of drug-likeness (QED) is 0.790. The highest BCUT2D eigenvalue weighted by Gasteiger charge is 2.20. The first kappa shape index (κ1) is 11.7. The summed E-state index contributed by atoms with van der Waals surface area (Å²) in [5, 5.41) is 9.08. The molecule has 1 aromatic heterocycles. The van der Waals surface area contributed by atoms with Crippen LogP contribution in [0.5, 0.6) is 0 Å². The fraction of sp³-hybridized carbons (Fsp3) is 0.455. The number of aliphatic carboxylic acids is 1. The molecular weight excluding hydrogens is 192 g/mol. The van der Waals surface area contributed by atoms with E-state index >= 15 is 0 Å². The summed E-state index contributed by atoms with van der Waals surface area (Å²) in [5.41, 5.74) is 0.631. The van der Waals surface area contributed by atoms with Gasteiger partial charge in [0, 0.05) is 6.20 Å². The van der Waals surface area contributed by atoms with Crippen molar-refractivity contribution in [3.63, 3.8) is 0 Å². The van der Waals surface area contributed by atoms with Crippen LogP contribution in [0.3, 0.4) is 0 Å². The number of carboxylic acids is 1. The number of pyridine rings is 1. The second-order valence-corrected chi connectivity index (χ2v) is 3.74. The Morgan fingerprint density at radius 1 is 1.53 bits per heavy atom. The minimum atomic E-state index is -0.810. The number of rotatable bonds is 5. The van der Waals surface area contributed by atoms with Gasteiger partial charge in [-0.1, -0.05) is 6.07 Å². The first-order valence-corrected chi connectivity index (χ1v) is 4.89. The number of nitrogens with zero attached hydrogens (tertiary/aromatic N) is 2. The Morgan fingerprint density at radius 2 is 2.27 bits per heavy atom. The van der Waals surface area contributed by atoms with Crippen molar-refractivity contribution in [3.05, 3.63) is 30.1 Å². The molecule has 4 heteroatoms. The average molecular weight is 208 g/mol. The van der Waals surface area contributed by atoms with Crippen LogP contribution in [0, 0.1) is 0 Å². The van der Waals surface area contributed by atoms with Gasteiger partial charge in [0.2, 0.25) is 0 Å². The monoisotopic (exact) mass is 208 g/mol. The number of carbonyl (C=O) groups is 1. The van der Waals surface area contributed by atoms with E-state index in [-0.39, 0.29) is 0 Å². The number of hydrogen-bond acceptors (Lipinski definition) is 3. The van der Waals surface area contributed by atoms with Gasteiger partial charge in [0.15, 0.2) is 0 Å². The van der Waals surface area contributed by atoms with Gasteiger partial charge in [-0.3, -0.25) is 9.78 Å². The van der Waals surface area contributed by atoms with Gasteiger partial charge in [-0.25, -0.2) is 0 Å². The first-order chi connectivity index (χ1) is 7.11. The molecule has 0 bridgehead atoms. The van der Waals surface area contributed by atoms with Gasteiger partial charge in [0.1, 0.15) is 5.92 Å². The molecule has 0 spiro atoms. The normalized spacial score (nSPS) is 12.7. The maximum Gasteiger partial charge on any atom is 0.312 e. The molecule has 1 atom stereocenters. The molecule has 0 aromatic carbocycles. The van der Waals surface area contributed by atoms with E-state index in [1.165, 1.54) is 0 Å². The zero-order chi connectivity index (χ0) is 11.3. The van der Waals surface area contributed by atoms with Crippen molar-refractivity contribution in [2.75, 3.05) is 20.6 Å². The van der Waals surface area contributed by atoms with Gasteiger partial charge in [-0.15, -0.1) is 0 Å². The molecule has 0 aliphatic carbocycles. The fourth-order valence-corrected chi connectivity index (χ4v) is 1.37.